The van der Waals surface area contributed by atoms with Crippen molar-refractivity contribution < 1.29 is 0 Å². The summed E-state index contributed by atoms with van der Waals surface area (Å²) in [6.07, 6.45) is 0. The second-order valence-corrected chi connectivity index (χ2v) is 5.85. The van der Waals surface area contributed by atoms with Gasteiger partial charge in [0.05, 0.1) is 22.6 Å². The maximum Gasteiger partial charge on any atom is 0.194 e. The van der Waals surface area contributed by atoms with Gasteiger partial charge >= 0.3 is 0 Å². The molecule has 0 aliphatic carbocycles. The maximum atomic E-state index is 4.43. The van der Waals surface area contributed by atoms with Crippen LogP contribution in [-0.2, 0) is 6.54 Å². The molecule has 0 saturated carbocycles. The number of halogens is 1. The molecule has 0 aromatic carbocycles. The Morgan fingerprint density at radius 3 is 2.93 bits per heavy atom. The van der Waals surface area contributed by atoms with Gasteiger partial charge in [-0.15, -0.1) is 11.3 Å². The van der Waals surface area contributed by atoms with Gasteiger partial charge in [-0.3, -0.25) is 4.99 Å². The molecule has 0 atom stereocenters. The number of nitrogens with one attached hydrogen (secondary N) is 1. The highest BCUT2D eigenvalue weighted by Crippen LogP contribution is 2.23. The summed E-state index contributed by atoms with van der Waals surface area (Å²) in [5.74, 6) is 0.971. The van der Waals surface area contributed by atoms with Crippen molar-refractivity contribution in [2.75, 3.05) is 20.1 Å². The molecule has 1 aromatic rings. The summed E-state index contributed by atoms with van der Waals surface area (Å²) in [5.41, 5.74) is 1.05. The Morgan fingerprint density at radius 1 is 1.60 bits per heavy atom. The molecule has 1 aliphatic rings. The number of hydrogen-bond acceptors (Lipinski definition) is 5. The normalized spacial score (nSPS) is 15.7. The molecule has 1 aromatic heterocycles. The van der Waals surface area contributed by atoms with E-state index < -0.39 is 0 Å². The number of guanidine groups is 1. The minimum absolute atomic E-state index is 0.750. The molecule has 2 rings (SSSR count). The Labute approximate surface area is 102 Å². The Kier molecular flexibility index (Phi) is 3.25. The number of nitrogens with zero attached hydrogens (tertiary/aromatic N) is 3. The van der Waals surface area contributed by atoms with Gasteiger partial charge in [0.25, 0.3) is 0 Å². The first-order chi connectivity index (χ1) is 7.16. The minimum Gasteiger partial charge on any atom is -0.350 e. The molecule has 0 fully saturated rings. The summed E-state index contributed by atoms with van der Waals surface area (Å²) >= 11 is 5.14. The van der Waals surface area contributed by atoms with E-state index in [1.54, 1.807) is 11.3 Å². The van der Waals surface area contributed by atoms with Crippen molar-refractivity contribution in [3.63, 3.8) is 0 Å². The number of aryl methyl sites for hydroxylation is 1. The molecule has 2 heterocycles. The van der Waals surface area contributed by atoms with E-state index in [1.807, 2.05) is 14.0 Å². The molecular weight excluding hydrogens is 276 g/mol. The maximum absolute atomic E-state index is 4.43. The highest BCUT2D eigenvalue weighted by molar-refractivity contribution is 9.11. The van der Waals surface area contributed by atoms with Gasteiger partial charge in [0, 0.05) is 13.6 Å². The van der Waals surface area contributed by atoms with Crippen LogP contribution >= 0.6 is 27.3 Å². The summed E-state index contributed by atoms with van der Waals surface area (Å²) in [6.45, 7) is 4.64. The van der Waals surface area contributed by atoms with E-state index in [-0.39, 0.29) is 0 Å². The zero-order chi connectivity index (χ0) is 10.8. The largest absolute Gasteiger partial charge is 0.350 e. The van der Waals surface area contributed by atoms with Gasteiger partial charge in [0.15, 0.2) is 5.96 Å². The molecule has 1 N–H and O–H groups in total. The average molecular weight is 289 g/mol. The van der Waals surface area contributed by atoms with Crippen LogP contribution in [-0.4, -0.2) is 36.0 Å². The smallest absolute Gasteiger partial charge is 0.194 e. The van der Waals surface area contributed by atoms with E-state index in [0.717, 1.165) is 40.1 Å². The third kappa shape index (κ3) is 2.49. The summed E-state index contributed by atoms with van der Waals surface area (Å²) in [5, 5.41) is 4.38. The van der Waals surface area contributed by atoms with Crippen molar-refractivity contribution in [1.82, 2.24) is 15.2 Å². The van der Waals surface area contributed by atoms with E-state index in [1.165, 1.54) is 0 Å². The summed E-state index contributed by atoms with van der Waals surface area (Å²) in [4.78, 5) is 10.9. The van der Waals surface area contributed by atoms with Crippen LogP contribution in [0.4, 0.5) is 0 Å². The Bertz CT molecular complexity index is 368. The van der Waals surface area contributed by atoms with Gasteiger partial charge in [0.2, 0.25) is 0 Å². The molecule has 4 nitrogen and oxygen atoms in total. The molecule has 82 valence electrons. The summed E-state index contributed by atoms with van der Waals surface area (Å²) in [6, 6.07) is 0. The second kappa shape index (κ2) is 4.49. The lowest BCUT2D eigenvalue weighted by Gasteiger charge is -2.14. The molecule has 6 heteroatoms. The van der Waals surface area contributed by atoms with Gasteiger partial charge < -0.3 is 10.2 Å². The van der Waals surface area contributed by atoms with E-state index >= 15 is 0 Å². The van der Waals surface area contributed by atoms with Crippen molar-refractivity contribution in [2.24, 2.45) is 4.99 Å². The quantitative estimate of drug-likeness (QED) is 0.899. The minimum atomic E-state index is 0.750. The molecule has 0 saturated heterocycles. The highest BCUT2D eigenvalue weighted by atomic mass is 79.9. The predicted octanol–water partition coefficient (Wildman–Crippen LogP) is 1.61. The summed E-state index contributed by atoms with van der Waals surface area (Å²) < 4.78 is 1.11. The predicted molar refractivity (Wildman–Crippen MR) is 66.3 cm³/mol. The Balaban J connectivity index is 1.93. The number of likely N-dealkylation sites (N-methyl/N-ethyl adjacent to an activating group) is 1. The molecule has 0 amide bonds. The number of aliphatic imine (C=N–C) groups is 1. The number of hydrogen-bond donors (Lipinski definition) is 1. The van der Waals surface area contributed by atoms with Crippen LogP contribution in [0.15, 0.2) is 8.78 Å². The zero-order valence-electron chi connectivity index (χ0n) is 8.75. The van der Waals surface area contributed by atoms with Gasteiger partial charge in [-0.2, -0.15) is 0 Å². The lowest BCUT2D eigenvalue weighted by molar-refractivity contribution is 0.534. The standard InChI is InChI=1S/C9H13BrN4S/c1-6-8(10)15-7(13-6)5-12-9-11-3-4-14(9)2/h3-5H2,1-2H3,(H,11,12). The average Bonchev–Trinajstić information content (AvgIpc) is 2.72. The molecular formula is C9H13BrN4S. The van der Waals surface area contributed by atoms with Crippen molar-refractivity contribution in [2.45, 2.75) is 13.5 Å². The topological polar surface area (TPSA) is 40.5 Å². The fourth-order valence-electron chi connectivity index (χ4n) is 1.38. The number of rotatable bonds is 2. The van der Waals surface area contributed by atoms with E-state index in [9.17, 15) is 0 Å². The van der Waals surface area contributed by atoms with Crippen molar-refractivity contribution in [1.29, 1.82) is 0 Å². The van der Waals surface area contributed by atoms with Gasteiger partial charge in [-0.05, 0) is 22.9 Å². The molecule has 0 radical (unpaired) electrons. The third-order valence-corrected chi connectivity index (χ3v) is 4.25. The van der Waals surface area contributed by atoms with Gasteiger partial charge in [-0.1, -0.05) is 0 Å². The molecule has 1 aliphatic heterocycles. The van der Waals surface area contributed by atoms with Crippen molar-refractivity contribution in [3.05, 3.63) is 14.5 Å². The van der Waals surface area contributed by atoms with Crippen LogP contribution in [0.3, 0.4) is 0 Å². The van der Waals surface area contributed by atoms with E-state index in [2.05, 4.69) is 36.1 Å². The monoisotopic (exact) mass is 288 g/mol. The lowest BCUT2D eigenvalue weighted by atomic mass is 10.5. The zero-order valence-corrected chi connectivity index (χ0v) is 11.2. The van der Waals surface area contributed by atoms with E-state index in [4.69, 9.17) is 0 Å². The van der Waals surface area contributed by atoms with Crippen LogP contribution in [0.5, 0.6) is 0 Å². The van der Waals surface area contributed by atoms with Crippen LogP contribution in [0, 0.1) is 6.92 Å². The first kappa shape index (κ1) is 10.9. The Morgan fingerprint density at radius 2 is 2.40 bits per heavy atom. The fraction of sp³-hybridized carbons (Fsp3) is 0.556. The first-order valence-electron chi connectivity index (χ1n) is 4.78. The molecule has 0 bridgehead atoms. The lowest BCUT2D eigenvalue weighted by Crippen LogP contribution is -2.35. The van der Waals surface area contributed by atoms with Crippen LogP contribution < -0.4 is 5.32 Å². The second-order valence-electron chi connectivity index (χ2n) is 3.45. The first-order valence-corrected chi connectivity index (χ1v) is 6.39. The highest BCUT2D eigenvalue weighted by Gasteiger charge is 2.12. The molecule has 0 spiro atoms. The van der Waals surface area contributed by atoms with Crippen molar-refractivity contribution >= 4 is 33.2 Å². The van der Waals surface area contributed by atoms with Crippen LogP contribution in [0.1, 0.15) is 10.7 Å². The molecule has 0 unspecified atom stereocenters. The fourth-order valence-corrected chi connectivity index (χ4v) is 2.76. The Hall–Kier alpha value is -0.620. The number of thiazole rings is 1. The number of aromatic nitrogens is 1. The summed E-state index contributed by atoms with van der Waals surface area (Å²) in [7, 11) is 2.04. The van der Waals surface area contributed by atoms with Gasteiger partial charge in [0.1, 0.15) is 5.01 Å². The SMILES string of the molecule is Cc1nc(CNC2=NCCN2C)sc1Br. The van der Waals surface area contributed by atoms with E-state index in [0.29, 0.717) is 0 Å². The van der Waals surface area contributed by atoms with Crippen LogP contribution in [0.2, 0.25) is 0 Å². The third-order valence-electron chi connectivity index (χ3n) is 2.24. The van der Waals surface area contributed by atoms with Crippen molar-refractivity contribution in [3.8, 4) is 0 Å². The molecule has 15 heavy (non-hydrogen) atoms. The van der Waals surface area contributed by atoms with Crippen LogP contribution in [0.25, 0.3) is 0 Å². The van der Waals surface area contributed by atoms with Gasteiger partial charge in [-0.25, -0.2) is 4.98 Å².